The van der Waals surface area contributed by atoms with Gasteiger partial charge in [-0.3, -0.25) is 4.79 Å². The van der Waals surface area contributed by atoms with Crippen molar-refractivity contribution >= 4 is 29.1 Å². The van der Waals surface area contributed by atoms with Crippen LogP contribution in [0.15, 0.2) is 42.5 Å². The van der Waals surface area contributed by atoms with Gasteiger partial charge in [-0.1, -0.05) is 47.8 Å². The lowest BCUT2D eigenvalue weighted by Gasteiger charge is -2.41. The van der Waals surface area contributed by atoms with Crippen molar-refractivity contribution in [1.82, 2.24) is 14.7 Å². The van der Waals surface area contributed by atoms with E-state index < -0.39 is 0 Å². The second-order valence-corrected chi connectivity index (χ2v) is 13.2. The molecule has 0 bridgehead atoms. The topological polar surface area (TPSA) is 36.0 Å². The van der Waals surface area contributed by atoms with Crippen molar-refractivity contribution in [2.75, 3.05) is 45.8 Å². The molecular formula is C33H45Cl2N3O2. The van der Waals surface area contributed by atoms with Gasteiger partial charge in [-0.2, -0.15) is 0 Å². The fraction of sp³-hybridized carbons (Fsp3) is 0.606. The summed E-state index contributed by atoms with van der Waals surface area (Å²) in [6, 6.07) is 14.8. The van der Waals surface area contributed by atoms with E-state index in [2.05, 4.69) is 20.8 Å². The Bertz CT molecular complexity index is 1140. The van der Waals surface area contributed by atoms with Gasteiger partial charge in [0.25, 0.3) is 0 Å². The summed E-state index contributed by atoms with van der Waals surface area (Å²) in [7, 11) is 0. The van der Waals surface area contributed by atoms with E-state index in [0.717, 1.165) is 62.9 Å². The van der Waals surface area contributed by atoms with Crippen LogP contribution in [-0.4, -0.2) is 78.6 Å². The number of benzene rings is 2. The van der Waals surface area contributed by atoms with Gasteiger partial charge in [-0.25, -0.2) is 0 Å². The highest BCUT2D eigenvalue weighted by Gasteiger charge is 2.42. The number of carbonyl (C=O) groups excluding carboxylic acids is 1. The lowest BCUT2D eigenvalue weighted by atomic mass is 9.76. The number of hydrogen-bond donors (Lipinski definition) is 0. The third-order valence-electron chi connectivity index (χ3n) is 9.23. The first-order chi connectivity index (χ1) is 19.3. The third-order valence-corrected chi connectivity index (χ3v) is 9.97. The fourth-order valence-corrected chi connectivity index (χ4v) is 7.24. The molecule has 1 unspecified atom stereocenters. The predicted molar refractivity (Wildman–Crippen MR) is 165 cm³/mol. The Labute approximate surface area is 250 Å². The summed E-state index contributed by atoms with van der Waals surface area (Å²) in [6.45, 7) is 11.4. The van der Waals surface area contributed by atoms with Crippen LogP contribution >= 0.6 is 23.2 Å². The highest BCUT2D eigenvalue weighted by atomic mass is 35.5. The minimum Gasteiger partial charge on any atom is -0.491 e. The molecule has 3 aliphatic heterocycles. The number of carbonyl (C=O) groups is 1. The van der Waals surface area contributed by atoms with Crippen molar-refractivity contribution in [3.8, 4) is 5.75 Å². The molecule has 5 rings (SSSR count). The molecule has 3 heterocycles. The van der Waals surface area contributed by atoms with Crippen LogP contribution in [-0.2, 0) is 16.6 Å². The van der Waals surface area contributed by atoms with Gasteiger partial charge in [-0.15, -0.1) is 0 Å². The molecule has 3 saturated heterocycles. The van der Waals surface area contributed by atoms with Gasteiger partial charge in [0.2, 0.25) is 5.91 Å². The number of ether oxygens (including phenoxy) is 1. The van der Waals surface area contributed by atoms with E-state index in [4.69, 9.17) is 27.9 Å². The van der Waals surface area contributed by atoms with Crippen LogP contribution in [0.3, 0.4) is 0 Å². The van der Waals surface area contributed by atoms with Crippen molar-refractivity contribution in [3.63, 3.8) is 0 Å². The van der Waals surface area contributed by atoms with Crippen molar-refractivity contribution in [2.24, 2.45) is 0 Å². The fourth-order valence-electron chi connectivity index (χ4n) is 6.95. The zero-order chi connectivity index (χ0) is 28.1. The third kappa shape index (κ3) is 7.34. The molecule has 0 radical (unpaired) electrons. The van der Waals surface area contributed by atoms with Crippen molar-refractivity contribution in [2.45, 2.75) is 82.8 Å². The summed E-state index contributed by atoms with van der Waals surface area (Å²) < 4.78 is 5.85. The van der Waals surface area contributed by atoms with Gasteiger partial charge < -0.3 is 19.4 Å². The van der Waals surface area contributed by atoms with E-state index in [1.165, 1.54) is 50.8 Å². The molecule has 2 aromatic rings. The maximum atomic E-state index is 13.5. The van der Waals surface area contributed by atoms with E-state index in [-0.39, 0.29) is 17.4 Å². The molecular weight excluding hydrogens is 541 g/mol. The summed E-state index contributed by atoms with van der Waals surface area (Å²) >= 11 is 12.8. The Balaban J connectivity index is 1.24. The van der Waals surface area contributed by atoms with Crippen LogP contribution in [0.2, 0.25) is 10.0 Å². The summed E-state index contributed by atoms with van der Waals surface area (Å²) in [4.78, 5) is 20.9. The lowest BCUT2D eigenvalue weighted by molar-refractivity contribution is -0.129. The molecule has 0 aliphatic carbocycles. The Morgan fingerprint density at radius 2 is 1.75 bits per heavy atom. The number of amides is 1. The SMILES string of the molecule is CC(C)Oc1cccc(CC(=O)N2CCC(CCN3CCC(N4CCCCC4)CC3)(c3ccc(Cl)c(Cl)c3)C2)c1. The molecule has 3 fully saturated rings. The van der Waals surface area contributed by atoms with Crippen LogP contribution in [0.5, 0.6) is 5.75 Å². The average molecular weight is 587 g/mol. The van der Waals surface area contributed by atoms with Crippen molar-refractivity contribution in [3.05, 3.63) is 63.6 Å². The molecule has 0 N–H and O–H groups in total. The summed E-state index contributed by atoms with van der Waals surface area (Å²) in [5.74, 6) is 0.988. The molecule has 0 spiro atoms. The molecule has 218 valence electrons. The van der Waals surface area contributed by atoms with Crippen LogP contribution in [0.1, 0.15) is 69.9 Å². The van der Waals surface area contributed by atoms with E-state index in [1.807, 2.05) is 50.2 Å². The van der Waals surface area contributed by atoms with Gasteiger partial charge in [0.05, 0.1) is 22.6 Å². The number of piperidine rings is 2. The normalized spacial score (nSPS) is 23.2. The van der Waals surface area contributed by atoms with Gasteiger partial charge in [-0.05, 0) is 120 Å². The monoisotopic (exact) mass is 585 g/mol. The number of rotatable bonds is 9. The average Bonchev–Trinajstić information content (AvgIpc) is 3.40. The summed E-state index contributed by atoms with van der Waals surface area (Å²) in [6.07, 6.45) is 9.09. The zero-order valence-electron chi connectivity index (χ0n) is 24.2. The Morgan fingerprint density at radius 3 is 2.48 bits per heavy atom. The maximum absolute atomic E-state index is 13.5. The van der Waals surface area contributed by atoms with E-state index in [9.17, 15) is 4.79 Å². The smallest absolute Gasteiger partial charge is 0.227 e. The first-order valence-electron chi connectivity index (χ1n) is 15.3. The van der Waals surface area contributed by atoms with Gasteiger partial charge in [0.15, 0.2) is 0 Å². The molecule has 2 aromatic carbocycles. The van der Waals surface area contributed by atoms with Crippen molar-refractivity contribution in [1.29, 1.82) is 0 Å². The number of hydrogen-bond acceptors (Lipinski definition) is 4. The predicted octanol–water partition coefficient (Wildman–Crippen LogP) is 6.83. The summed E-state index contributed by atoms with van der Waals surface area (Å²) in [5.41, 5.74) is 2.08. The zero-order valence-corrected chi connectivity index (χ0v) is 25.7. The molecule has 5 nitrogen and oxygen atoms in total. The number of likely N-dealkylation sites (tertiary alicyclic amines) is 3. The highest BCUT2D eigenvalue weighted by molar-refractivity contribution is 6.42. The second-order valence-electron chi connectivity index (χ2n) is 12.4. The minimum atomic E-state index is -0.115. The van der Waals surface area contributed by atoms with E-state index in [1.54, 1.807) is 0 Å². The van der Waals surface area contributed by atoms with E-state index in [0.29, 0.717) is 16.5 Å². The Hall–Kier alpha value is -1.79. The maximum Gasteiger partial charge on any atom is 0.227 e. The lowest BCUT2D eigenvalue weighted by Crippen LogP contribution is -2.47. The molecule has 7 heteroatoms. The van der Waals surface area contributed by atoms with Crippen molar-refractivity contribution < 1.29 is 9.53 Å². The second kappa shape index (κ2) is 13.5. The highest BCUT2D eigenvalue weighted by Crippen LogP contribution is 2.40. The van der Waals surface area contributed by atoms with Gasteiger partial charge in [0, 0.05) is 24.5 Å². The molecule has 3 aliphatic rings. The van der Waals surface area contributed by atoms with Crippen LogP contribution < -0.4 is 4.74 Å². The molecule has 0 aromatic heterocycles. The molecule has 1 atom stereocenters. The van der Waals surface area contributed by atoms with Gasteiger partial charge in [0.1, 0.15) is 5.75 Å². The summed E-state index contributed by atoms with van der Waals surface area (Å²) in [5, 5.41) is 1.17. The Kier molecular flexibility index (Phi) is 9.99. The largest absolute Gasteiger partial charge is 0.491 e. The quantitative estimate of drug-likeness (QED) is 0.323. The molecule has 0 saturated carbocycles. The van der Waals surface area contributed by atoms with Crippen LogP contribution in [0.25, 0.3) is 0 Å². The van der Waals surface area contributed by atoms with Gasteiger partial charge >= 0.3 is 0 Å². The molecule has 1 amide bonds. The first-order valence-corrected chi connectivity index (χ1v) is 16.0. The Morgan fingerprint density at radius 1 is 0.975 bits per heavy atom. The molecule has 40 heavy (non-hydrogen) atoms. The standard InChI is InChI=1S/C33H45Cl2N3O2/c1-25(2)40-29-8-6-7-26(21-29)22-32(39)38-20-14-33(24-38,27-9-10-30(34)31(35)23-27)13-19-36-17-11-28(12-18-36)37-15-4-3-5-16-37/h6-10,21,23,25,28H,3-5,11-20,22,24H2,1-2H3. The van der Waals surface area contributed by atoms with Crippen LogP contribution in [0, 0.1) is 0 Å². The van der Waals surface area contributed by atoms with Crippen LogP contribution in [0.4, 0.5) is 0 Å². The number of halogens is 2. The van der Waals surface area contributed by atoms with E-state index >= 15 is 0 Å². The number of nitrogens with zero attached hydrogens (tertiary/aromatic N) is 3. The minimum absolute atomic E-state index is 0.104. The first kappa shape index (κ1) is 29.7.